The normalized spacial score (nSPS) is 25.0. The Morgan fingerprint density at radius 2 is 1.47 bits per heavy atom. The van der Waals surface area contributed by atoms with E-state index in [4.69, 9.17) is 19.9 Å². The van der Waals surface area contributed by atoms with Gasteiger partial charge in [-0.25, -0.2) is 4.79 Å². The third kappa shape index (κ3) is 15.0. The minimum absolute atomic E-state index is 0.0552. The number of pyridine rings is 1. The summed E-state index contributed by atoms with van der Waals surface area (Å²) in [5, 5.41) is 62.0. The van der Waals surface area contributed by atoms with E-state index in [0.717, 1.165) is 42.5 Å². The number of hydrogen-bond acceptors (Lipinski definition) is 15. The van der Waals surface area contributed by atoms with Crippen LogP contribution in [0.3, 0.4) is 0 Å². The van der Waals surface area contributed by atoms with Crippen LogP contribution < -0.4 is 32.9 Å². The lowest BCUT2D eigenvalue weighted by atomic mass is 9.98. The fourth-order valence-corrected chi connectivity index (χ4v) is 7.74. The Morgan fingerprint density at radius 1 is 0.839 bits per heavy atom. The zero-order chi connectivity index (χ0) is 45.0. The summed E-state index contributed by atoms with van der Waals surface area (Å²) in [5.74, 6) is -2.34. The second kappa shape index (κ2) is 26.5. The van der Waals surface area contributed by atoms with Gasteiger partial charge in [0.2, 0.25) is 5.91 Å². The van der Waals surface area contributed by atoms with Crippen molar-refractivity contribution in [2.45, 2.75) is 171 Å². The topological polar surface area (TPSA) is 310 Å². The van der Waals surface area contributed by atoms with Crippen molar-refractivity contribution in [1.82, 2.24) is 30.5 Å². The van der Waals surface area contributed by atoms with Crippen molar-refractivity contribution in [3.8, 4) is 0 Å². The van der Waals surface area contributed by atoms with Crippen molar-refractivity contribution in [2.75, 3.05) is 19.6 Å². The van der Waals surface area contributed by atoms with Crippen LogP contribution in [0.1, 0.15) is 120 Å². The Kier molecular flexibility index (Phi) is 21.6. The Bertz CT molecular complexity index is 1770. The van der Waals surface area contributed by atoms with E-state index < -0.39 is 96.4 Å². The van der Waals surface area contributed by atoms with Crippen LogP contribution in [0.4, 0.5) is 0 Å². The number of carbonyl (C=O) groups is 3. The summed E-state index contributed by atoms with van der Waals surface area (Å²) >= 11 is 0. The fraction of sp³-hybridized carbons (Fsp3) is 0.714. The van der Waals surface area contributed by atoms with Crippen LogP contribution >= 0.6 is 0 Å². The minimum Gasteiger partial charge on any atom is -0.480 e. The smallest absolute Gasteiger partial charge is 0.330 e. The van der Waals surface area contributed by atoms with Crippen LogP contribution in [0.15, 0.2) is 46.4 Å². The van der Waals surface area contributed by atoms with E-state index in [1.807, 2.05) is 4.98 Å². The molecule has 0 bridgehead atoms. The average molecular weight is 878 g/mol. The number of carboxylic acids is 1. The van der Waals surface area contributed by atoms with E-state index in [2.05, 4.69) is 27.9 Å². The SMILES string of the molecule is CCCCCCCCCCCCCCC[C@H](NC(=O)c1ccncc1)C(=O)NCCCN[C@H](C(=O)O)[C@H](O[C@@H]1O[C@H](CN)[C@@H](O)[C@H]1O)[C@H]1O[C@@H](n2ccc(=O)[nH]c2=O)[C@H](O)[C@@H]1O. The van der Waals surface area contributed by atoms with Gasteiger partial charge in [-0.3, -0.25) is 33.7 Å². The molecule has 0 unspecified atom stereocenters. The lowest BCUT2D eigenvalue weighted by molar-refractivity contribution is -0.228. The molecular weight excluding hydrogens is 810 g/mol. The monoisotopic (exact) mass is 877 g/mol. The van der Waals surface area contributed by atoms with E-state index in [1.54, 1.807) is 12.1 Å². The molecule has 11 atom stereocenters. The van der Waals surface area contributed by atoms with Crippen molar-refractivity contribution >= 4 is 17.8 Å². The number of nitrogens with zero attached hydrogens (tertiary/aromatic N) is 2. The molecular formula is C42H67N7O13. The molecule has 2 aliphatic rings. The predicted molar refractivity (Wildman–Crippen MR) is 225 cm³/mol. The summed E-state index contributed by atoms with van der Waals surface area (Å²) in [6.45, 7) is 2.01. The maximum absolute atomic E-state index is 13.5. The first-order chi connectivity index (χ1) is 29.9. The number of aliphatic hydroxyl groups is 4. The molecule has 20 nitrogen and oxygen atoms in total. The number of amides is 2. The molecule has 2 aromatic heterocycles. The summed E-state index contributed by atoms with van der Waals surface area (Å²) < 4.78 is 18.1. The van der Waals surface area contributed by atoms with Gasteiger partial charge in [0.1, 0.15) is 54.8 Å². The largest absolute Gasteiger partial charge is 0.480 e. The van der Waals surface area contributed by atoms with Gasteiger partial charge in [0.25, 0.3) is 11.5 Å². The minimum atomic E-state index is -1.87. The average Bonchev–Trinajstić information content (AvgIpc) is 3.70. The summed E-state index contributed by atoms with van der Waals surface area (Å²) in [4.78, 5) is 69.4. The molecule has 0 spiro atoms. The number of aromatic amines is 1. The van der Waals surface area contributed by atoms with E-state index >= 15 is 0 Å². The molecule has 0 aliphatic carbocycles. The number of carboxylic acid groups (broad SMARTS) is 1. The highest BCUT2D eigenvalue weighted by molar-refractivity contribution is 5.97. The molecule has 2 aliphatic heterocycles. The number of nitrogens with one attached hydrogen (secondary N) is 4. The maximum atomic E-state index is 13.5. The quantitative estimate of drug-likeness (QED) is 0.0487. The second-order valence-electron chi connectivity index (χ2n) is 16.1. The van der Waals surface area contributed by atoms with Gasteiger partial charge in [-0.1, -0.05) is 90.4 Å². The zero-order valence-electron chi connectivity index (χ0n) is 35.5. The van der Waals surface area contributed by atoms with E-state index in [1.165, 1.54) is 70.2 Å². The number of hydrogen-bond donors (Lipinski definition) is 10. The Balaban J connectivity index is 1.34. The van der Waals surface area contributed by atoms with E-state index in [-0.39, 0.29) is 26.1 Å². The molecule has 0 aromatic carbocycles. The number of unbranched alkanes of at least 4 members (excludes halogenated alkanes) is 12. The number of ether oxygens (including phenoxy) is 3. The number of nitrogens with two attached hydrogens (primary N) is 1. The van der Waals surface area contributed by atoms with E-state index in [0.29, 0.717) is 12.0 Å². The fourth-order valence-electron chi connectivity index (χ4n) is 7.74. The lowest BCUT2D eigenvalue weighted by Gasteiger charge is -2.33. The highest BCUT2D eigenvalue weighted by atomic mass is 16.7. The molecule has 0 saturated carbocycles. The first kappa shape index (κ1) is 50.5. The first-order valence-corrected chi connectivity index (χ1v) is 22.0. The van der Waals surface area contributed by atoms with Gasteiger partial charge in [0, 0.05) is 43.3 Å². The highest BCUT2D eigenvalue weighted by Gasteiger charge is 2.54. The van der Waals surface area contributed by atoms with Crippen molar-refractivity contribution < 1.29 is 54.1 Å². The number of aromatic nitrogens is 3. The molecule has 4 rings (SSSR count). The van der Waals surface area contributed by atoms with Crippen molar-refractivity contribution in [3.05, 3.63) is 63.2 Å². The molecule has 2 fully saturated rings. The first-order valence-electron chi connectivity index (χ1n) is 22.0. The van der Waals surface area contributed by atoms with E-state index in [9.17, 15) is 49.5 Å². The third-order valence-electron chi connectivity index (χ3n) is 11.3. The summed E-state index contributed by atoms with van der Waals surface area (Å²) in [7, 11) is 0. The Hall–Kier alpha value is -4.12. The summed E-state index contributed by atoms with van der Waals surface area (Å²) in [5.41, 5.74) is 4.29. The van der Waals surface area contributed by atoms with Crippen LogP contribution in [0.25, 0.3) is 0 Å². The van der Waals surface area contributed by atoms with Crippen molar-refractivity contribution in [2.24, 2.45) is 5.73 Å². The van der Waals surface area contributed by atoms with Gasteiger partial charge >= 0.3 is 11.7 Å². The van der Waals surface area contributed by atoms with Crippen molar-refractivity contribution in [1.29, 1.82) is 0 Å². The van der Waals surface area contributed by atoms with Gasteiger partial charge in [0.15, 0.2) is 12.5 Å². The summed E-state index contributed by atoms with van der Waals surface area (Å²) in [6.07, 6.45) is 5.14. The van der Waals surface area contributed by atoms with Gasteiger partial charge in [0.05, 0.1) is 0 Å². The molecule has 348 valence electrons. The van der Waals surface area contributed by atoms with Gasteiger partial charge in [-0.15, -0.1) is 0 Å². The summed E-state index contributed by atoms with van der Waals surface area (Å²) in [6, 6.07) is 1.53. The molecule has 2 aromatic rings. The molecule has 62 heavy (non-hydrogen) atoms. The zero-order valence-corrected chi connectivity index (χ0v) is 35.5. The number of aliphatic carboxylic acids is 1. The number of H-pyrrole nitrogens is 1. The van der Waals surface area contributed by atoms with Crippen LogP contribution in [-0.2, 0) is 23.8 Å². The molecule has 4 heterocycles. The second-order valence-corrected chi connectivity index (χ2v) is 16.1. The van der Waals surface area contributed by atoms with Crippen LogP contribution in [0.5, 0.6) is 0 Å². The van der Waals surface area contributed by atoms with Gasteiger partial charge in [-0.2, -0.15) is 0 Å². The number of carbonyl (C=O) groups excluding carboxylic acids is 2. The predicted octanol–water partition coefficient (Wildman–Crippen LogP) is 0.170. The lowest BCUT2D eigenvalue weighted by Crippen LogP contribution is -2.57. The van der Waals surface area contributed by atoms with Crippen LogP contribution in [0, 0.1) is 0 Å². The van der Waals surface area contributed by atoms with Crippen molar-refractivity contribution in [3.63, 3.8) is 0 Å². The van der Waals surface area contributed by atoms with Gasteiger partial charge < -0.3 is 61.4 Å². The third-order valence-corrected chi connectivity index (χ3v) is 11.3. The maximum Gasteiger partial charge on any atom is 0.330 e. The molecule has 2 saturated heterocycles. The highest BCUT2D eigenvalue weighted by Crippen LogP contribution is 2.34. The molecule has 11 N–H and O–H groups in total. The number of aliphatic hydroxyl groups excluding tert-OH is 4. The number of rotatable bonds is 29. The molecule has 0 radical (unpaired) electrons. The van der Waals surface area contributed by atoms with Crippen LogP contribution in [-0.4, -0.2) is 139 Å². The molecule has 2 amide bonds. The van der Waals surface area contributed by atoms with Gasteiger partial charge in [-0.05, 0) is 31.5 Å². The molecule has 20 heteroatoms. The standard InChI is InChI=1S/C42H67N7O13/c1-2-3-4-5-6-7-8-9-10-11-12-13-14-16-27(47-37(55)26-17-22-44-23-18-26)38(56)46-21-15-20-45-30(40(57)58)35(62-41-34(54)31(51)28(25-43)60-41)36-32(52)33(53)39(61-36)49-24-19-29(50)48-42(49)59/h17-19,22-24,27-28,30-36,39,41,45,51-54H,2-16,20-21,25,43H2,1H3,(H,46,56)(H,47,55)(H,57,58)(H,48,50,59)/t27-,28+,30-,31+,32-,33+,34+,35-,36-,39+,41-/m0/s1. The van der Waals surface area contributed by atoms with Crippen LogP contribution in [0.2, 0.25) is 0 Å². The Labute approximate surface area is 360 Å². The Morgan fingerprint density at radius 3 is 2.05 bits per heavy atom.